The molecular weight excluding hydrogens is 248 g/mol. The quantitative estimate of drug-likeness (QED) is 0.737. The Balaban J connectivity index is 2.51. The van der Waals surface area contributed by atoms with Gasteiger partial charge >= 0.3 is 6.03 Å². The maximum atomic E-state index is 11.7. The molecule has 3 N–H and O–H groups in total. The van der Waals surface area contributed by atoms with Gasteiger partial charge in [-0.2, -0.15) is 11.8 Å². The Morgan fingerprint density at radius 3 is 2.56 bits per heavy atom. The van der Waals surface area contributed by atoms with Crippen molar-refractivity contribution in [1.29, 1.82) is 0 Å². The van der Waals surface area contributed by atoms with Gasteiger partial charge in [0.2, 0.25) is 0 Å². The van der Waals surface area contributed by atoms with Crippen LogP contribution < -0.4 is 10.6 Å². The molecule has 0 heterocycles. The third kappa shape index (κ3) is 4.98. The number of amides is 2. The molecule has 1 aromatic rings. The number of carbonyl (C=O) groups is 1. The second-order valence-electron chi connectivity index (χ2n) is 4.12. The molecule has 2 amide bonds. The van der Waals surface area contributed by atoms with Crippen LogP contribution in [0.25, 0.3) is 0 Å². The molecule has 0 saturated heterocycles. The lowest BCUT2D eigenvalue weighted by Crippen LogP contribution is -2.44. The zero-order valence-electron chi connectivity index (χ0n) is 10.7. The molecule has 0 aliphatic heterocycles. The highest BCUT2D eigenvalue weighted by molar-refractivity contribution is 7.98. The van der Waals surface area contributed by atoms with Crippen molar-refractivity contribution in [2.24, 2.45) is 0 Å². The molecule has 0 aliphatic carbocycles. The fourth-order valence-corrected chi connectivity index (χ4v) is 2.22. The van der Waals surface area contributed by atoms with E-state index in [-0.39, 0.29) is 24.7 Å². The summed E-state index contributed by atoms with van der Waals surface area (Å²) in [6.45, 7) is 1.83. The first-order valence-electron chi connectivity index (χ1n) is 5.89. The van der Waals surface area contributed by atoms with Gasteiger partial charge in [-0.1, -0.05) is 30.3 Å². The summed E-state index contributed by atoms with van der Waals surface area (Å²) in [5.41, 5.74) is 0.896. The minimum atomic E-state index is -0.368. The summed E-state index contributed by atoms with van der Waals surface area (Å²) < 4.78 is 0. The lowest BCUT2D eigenvalue weighted by atomic mass is 10.1. The molecule has 18 heavy (non-hydrogen) atoms. The molecule has 0 fully saturated rings. The van der Waals surface area contributed by atoms with Gasteiger partial charge in [-0.25, -0.2) is 4.79 Å². The number of urea groups is 1. The van der Waals surface area contributed by atoms with Gasteiger partial charge in [0.15, 0.2) is 0 Å². The molecular formula is C13H20N2O2S. The van der Waals surface area contributed by atoms with Crippen LogP contribution in [0, 0.1) is 0 Å². The van der Waals surface area contributed by atoms with Crippen molar-refractivity contribution in [2.45, 2.75) is 19.0 Å². The Bertz CT molecular complexity index is 359. The molecule has 0 spiro atoms. The zero-order valence-corrected chi connectivity index (χ0v) is 11.5. The third-order valence-corrected chi connectivity index (χ3v) is 3.32. The van der Waals surface area contributed by atoms with E-state index in [0.717, 1.165) is 11.3 Å². The molecule has 0 aliphatic rings. The first-order chi connectivity index (χ1) is 8.67. The maximum Gasteiger partial charge on any atom is 0.315 e. The molecule has 0 unspecified atom stereocenters. The van der Waals surface area contributed by atoms with Crippen LogP contribution in [0.1, 0.15) is 18.5 Å². The Morgan fingerprint density at radius 2 is 2.00 bits per heavy atom. The smallest absolute Gasteiger partial charge is 0.315 e. The van der Waals surface area contributed by atoms with Gasteiger partial charge in [0.25, 0.3) is 0 Å². The number of hydrogen-bond acceptors (Lipinski definition) is 3. The fourth-order valence-electron chi connectivity index (χ4n) is 1.64. The van der Waals surface area contributed by atoms with Crippen LogP contribution >= 0.6 is 11.8 Å². The Morgan fingerprint density at radius 1 is 1.33 bits per heavy atom. The van der Waals surface area contributed by atoms with Crippen LogP contribution in [-0.2, 0) is 0 Å². The van der Waals surface area contributed by atoms with Crippen LogP contribution in [-0.4, -0.2) is 35.8 Å². The van der Waals surface area contributed by atoms with Crippen molar-refractivity contribution in [3.05, 3.63) is 35.9 Å². The zero-order chi connectivity index (χ0) is 13.4. The highest BCUT2D eigenvalue weighted by Crippen LogP contribution is 2.11. The van der Waals surface area contributed by atoms with Crippen molar-refractivity contribution < 1.29 is 9.90 Å². The van der Waals surface area contributed by atoms with Gasteiger partial charge in [-0.05, 0) is 18.7 Å². The van der Waals surface area contributed by atoms with Gasteiger partial charge in [0, 0.05) is 11.8 Å². The van der Waals surface area contributed by atoms with E-state index in [4.69, 9.17) is 0 Å². The number of nitrogens with one attached hydrogen (secondary N) is 2. The number of hydrogen-bond donors (Lipinski definition) is 3. The van der Waals surface area contributed by atoms with Gasteiger partial charge < -0.3 is 15.7 Å². The summed E-state index contributed by atoms with van der Waals surface area (Å²) in [6, 6.07) is 8.92. The lowest BCUT2D eigenvalue weighted by Gasteiger charge is -2.19. The maximum absolute atomic E-state index is 11.7. The largest absolute Gasteiger partial charge is 0.394 e. The predicted molar refractivity (Wildman–Crippen MR) is 75.8 cm³/mol. The van der Waals surface area contributed by atoms with E-state index in [1.54, 1.807) is 11.8 Å². The number of aliphatic hydroxyl groups excluding tert-OH is 1. The highest BCUT2D eigenvalue weighted by atomic mass is 32.2. The summed E-state index contributed by atoms with van der Waals surface area (Å²) in [5.74, 6) is 0.864. The average molecular weight is 268 g/mol. The Kier molecular flexibility index (Phi) is 6.60. The molecule has 2 atom stereocenters. The van der Waals surface area contributed by atoms with E-state index in [1.807, 2.05) is 43.5 Å². The summed E-state index contributed by atoms with van der Waals surface area (Å²) in [6.07, 6.45) is 2.00. The van der Waals surface area contributed by atoms with Crippen molar-refractivity contribution in [2.75, 3.05) is 18.6 Å². The van der Waals surface area contributed by atoms with E-state index in [2.05, 4.69) is 10.6 Å². The number of benzene rings is 1. The topological polar surface area (TPSA) is 61.4 Å². The van der Waals surface area contributed by atoms with Crippen LogP contribution in [0.5, 0.6) is 0 Å². The van der Waals surface area contributed by atoms with Crippen molar-refractivity contribution >= 4 is 17.8 Å². The molecule has 0 radical (unpaired) electrons. The average Bonchev–Trinajstić information content (AvgIpc) is 2.37. The van der Waals surface area contributed by atoms with Crippen LogP contribution in [0.2, 0.25) is 0 Å². The summed E-state index contributed by atoms with van der Waals surface area (Å²) >= 11 is 1.68. The summed E-state index contributed by atoms with van der Waals surface area (Å²) in [5, 5.41) is 14.9. The highest BCUT2D eigenvalue weighted by Gasteiger charge is 2.14. The molecule has 0 bridgehead atoms. The van der Waals surface area contributed by atoms with E-state index in [1.165, 1.54) is 0 Å². The van der Waals surface area contributed by atoms with Gasteiger partial charge in [0.05, 0.1) is 12.6 Å². The summed E-state index contributed by atoms with van der Waals surface area (Å²) in [4.78, 5) is 11.7. The Labute approximate surface area is 112 Å². The van der Waals surface area contributed by atoms with Crippen molar-refractivity contribution in [3.63, 3.8) is 0 Å². The summed E-state index contributed by atoms with van der Waals surface area (Å²) in [7, 11) is 0. The molecule has 1 aromatic carbocycles. The number of carbonyl (C=O) groups excluding carboxylic acids is 1. The van der Waals surface area contributed by atoms with Crippen LogP contribution in [0.15, 0.2) is 30.3 Å². The first kappa shape index (κ1) is 14.9. The monoisotopic (exact) mass is 268 g/mol. The van der Waals surface area contributed by atoms with E-state index in [9.17, 15) is 9.90 Å². The van der Waals surface area contributed by atoms with Gasteiger partial charge in [0.1, 0.15) is 0 Å². The molecule has 0 saturated carbocycles. The number of rotatable bonds is 6. The number of thioether (sulfide) groups is 1. The normalized spacial score (nSPS) is 13.7. The van der Waals surface area contributed by atoms with Crippen LogP contribution in [0.3, 0.4) is 0 Å². The number of aliphatic hydroxyl groups is 1. The van der Waals surface area contributed by atoms with E-state index >= 15 is 0 Å². The van der Waals surface area contributed by atoms with E-state index in [0.29, 0.717) is 0 Å². The minimum absolute atomic E-state index is 0.107. The fraction of sp³-hybridized carbons (Fsp3) is 0.462. The molecule has 1 rings (SSSR count). The second-order valence-corrected chi connectivity index (χ2v) is 5.03. The second kappa shape index (κ2) is 8.00. The van der Waals surface area contributed by atoms with Gasteiger partial charge in [-0.3, -0.25) is 0 Å². The van der Waals surface area contributed by atoms with Crippen molar-refractivity contribution in [1.82, 2.24) is 10.6 Å². The molecule has 0 aromatic heterocycles. The minimum Gasteiger partial charge on any atom is -0.394 e. The standard InChI is InChI=1S/C13H20N2O2S/c1-10(9-18-2)14-13(17)15-12(8-16)11-6-4-3-5-7-11/h3-7,10,12,16H,8-9H2,1-2H3,(H2,14,15,17)/t10-,12+/m0/s1. The van der Waals surface area contributed by atoms with E-state index < -0.39 is 0 Å². The van der Waals surface area contributed by atoms with Gasteiger partial charge in [-0.15, -0.1) is 0 Å². The lowest BCUT2D eigenvalue weighted by molar-refractivity contribution is 0.215. The Hall–Kier alpha value is -1.20. The van der Waals surface area contributed by atoms with Crippen molar-refractivity contribution in [3.8, 4) is 0 Å². The molecule has 4 nitrogen and oxygen atoms in total. The first-order valence-corrected chi connectivity index (χ1v) is 7.28. The molecule has 5 heteroatoms. The molecule has 100 valence electrons. The predicted octanol–water partition coefficient (Wildman–Crippen LogP) is 1.77. The van der Waals surface area contributed by atoms with Crippen LogP contribution in [0.4, 0.5) is 4.79 Å². The SMILES string of the molecule is CSC[C@H](C)NC(=O)N[C@H](CO)c1ccccc1. The third-order valence-electron chi connectivity index (χ3n) is 2.48.